The van der Waals surface area contributed by atoms with Crippen molar-refractivity contribution in [1.29, 1.82) is 0 Å². The lowest BCUT2D eigenvalue weighted by Crippen LogP contribution is -2.35. The summed E-state index contributed by atoms with van der Waals surface area (Å²) in [6.45, 7) is 0.374. The van der Waals surface area contributed by atoms with E-state index < -0.39 is 21.8 Å². The van der Waals surface area contributed by atoms with Crippen LogP contribution in [0.4, 0.5) is 13.2 Å². The average molecular weight is 279 g/mol. The maximum atomic E-state index is 12.5. The third-order valence-electron chi connectivity index (χ3n) is 2.98. The van der Waals surface area contributed by atoms with Crippen LogP contribution in [-0.4, -0.2) is 25.5 Å². The van der Waals surface area contributed by atoms with Gasteiger partial charge in [0.25, 0.3) is 0 Å². The fourth-order valence-electron chi connectivity index (χ4n) is 1.99. The number of rotatable bonds is 1. The molecule has 100 valence electrons. The molecule has 1 heterocycles. The zero-order valence-corrected chi connectivity index (χ0v) is 10.5. The number of alkyl halides is 3. The van der Waals surface area contributed by atoms with Crippen molar-refractivity contribution < 1.29 is 21.6 Å². The number of halogens is 3. The molecule has 1 aromatic rings. The molecule has 2 rings (SSSR count). The molecule has 0 aliphatic carbocycles. The van der Waals surface area contributed by atoms with Gasteiger partial charge in [0.2, 0.25) is 10.0 Å². The maximum Gasteiger partial charge on any atom is 0.416 e. The minimum absolute atomic E-state index is 0.145. The van der Waals surface area contributed by atoms with Crippen LogP contribution >= 0.6 is 0 Å². The molecule has 1 aliphatic rings. The maximum absolute atomic E-state index is 12.5. The second kappa shape index (κ2) is 4.24. The molecule has 0 N–H and O–H groups in total. The van der Waals surface area contributed by atoms with Crippen LogP contribution < -0.4 is 0 Å². The van der Waals surface area contributed by atoms with Crippen LogP contribution in [0, 0.1) is 0 Å². The molecule has 0 aromatic heterocycles. The van der Waals surface area contributed by atoms with E-state index in [0.29, 0.717) is 17.5 Å². The Labute approximate surface area is 103 Å². The number of fused-ring (bicyclic) bond motifs is 1. The third kappa shape index (κ3) is 2.67. The topological polar surface area (TPSA) is 37.4 Å². The van der Waals surface area contributed by atoms with Gasteiger partial charge >= 0.3 is 6.18 Å². The number of hydrogen-bond donors (Lipinski definition) is 0. The van der Waals surface area contributed by atoms with Crippen molar-refractivity contribution in [3.05, 3.63) is 34.9 Å². The smallest absolute Gasteiger partial charge is 0.212 e. The summed E-state index contributed by atoms with van der Waals surface area (Å²) in [4.78, 5) is 0. The molecule has 3 nitrogen and oxygen atoms in total. The van der Waals surface area contributed by atoms with Crippen LogP contribution in [0.25, 0.3) is 0 Å². The first-order valence-electron chi connectivity index (χ1n) is 5.32. The highest BCUT2D eigenvalue weighted by atomic mass is 32.2. The van der Waals surface area contributed by atoms with Crippen molar-refractivity contribution in [3.8, 4) is 0 Å². The number of benzene rings is 1. The van der Waals surface area contributed by atoms with E-state index in [4.69, 9.17) is 0 Å². The fraction of sp³-hybridized carbons (Fsp3) is 0.455. The summed E-state index contributed by atoms with van der Waals surface area (Å²) in [5, 5.41) is 0. The van der Waals surface area contributed by atoms with Gasteiger partial charge in [-0.3, -0.25) is 0 Å². The van der Waals surface area contributed by atoms with Crippen molar-refractivity contribution in [2.45, 2.75) is 19.1 Å². The average Bonchev–Trinajstić information content (AvgIpc) is 2.25. The first kappa shape index (κ1) is 13.4. The van der Waals surface area contributed by atoms with E-state index in [9.17, 15) is 21.6 Å². The molecule has 0 unspecified atom stereocenters. The predicted molar refractivity (Wildman–Crippen MR) is 60.4 cm³/mol. The molecule has 0 fully saturated rings. The van der Waals surface area contributed by atoms with Gasteiger partial charge in [-0.25, -0.2) is 8.42 Å². The van der Waals surface area contributed by atoms with Crippen molar-refractivity contribution >= 4 is 10.0 Å². The van der Waals surface area contributed by atoms with Gasteiger partial charge < -0.3 is 0 Å². The lowest BCUT2D eigenvalue weighted by molar-refractivity contribution is -0.137. The Hall–Kier alpha value is -1.08. The first-order chi connectivity index (χ1) is 8.18. The molecule has 0 spiro atoms. The minimum Gasteiger partial charge on any atom is -0.212 e. The van der Waals surface area contributed by atoms with Crippen LogP contribution in [-0.2, 0) is 29.2 Å². The standard InChI is InChI=1S/C11H12F3NO2S/c1-18(16,17)15-5-4-8-6-10(11(12,13)14)3-2-9(8)7-15/h2-3,6H,4-5,7H2,1H3. The number of sulfonamides is 1. The Kier molecular flexibility index (Phi) is 3.14. The summed E-state index contributed by atoms with van der Waals surface area (Å²) in [6, 6.07) is 3.45. The summed E-state index contributed by atoms with van der Waals surface area (Å²) in [7, 11) is -3.30. The van der Waals surface area contributed by atoms with E-state index in [1.807, 2.05) is 0 Å². The summed E-state index contributed by atoms with van der Waals surface area (Å²) in [6.07, 6.45) is -2.95. The van der Waals surface area contributed by atoms with Crippen molar-refractivity contribution in [2.24, 2.45) is 0 Å². The van der Waals surface area contributed by atoms with Crippen molar-refractivity contribution in [2.75, 3.05) is 12.8 Å². The molecule has 1 aliphatic heterocycles. The summed E-state index contributed by atoms with van der Waals surface area (Å²) >= 11 is 0. The highest BCUT2D eigenvalue weighted by Gasteiger charge is 2.32. The Morgan fingerprint density at radius 3 is 2.44 bits per heavy atom. The van der Waals surface area contributed by atoms with E-state index >= 15 is 0 Å². The van der Waals surface area contributed by atoms with Crippen LogP contribution in [0.5, 0.6) is 0 Å². The van der Waals surface area contributed by atoms with Gasteiger partial charge in [0.1, 0.15) is 0 Å². The van der Waals surface area contributed by atoms with Crippen LogP contribution in [0.3, 0.4) is 0 Å². The van der Waals surface area contributed by atoms with Crippen LogP contribution in [0.2, 0.25) is 0 Å². The summed E-state index contributed by atoms with van der Waals surface area (Å²) < 4.78 is 61.6. The second-order valence-corrected chi connectivity index (χ2v) is 6.31. The predicted octanol–water partition coefficient (Wildman–Crippen LogP) is 2.02. The molecular formula is C11H12F3NO2S. The van der Waals surface area contributed by atoms with Crippen LogP contribution in [0.1, 0.15) is 16.7 Å². The van der Waals surface area contributed by atoms with Crippen molar-refractivity contribution in [1.82, 2.24) is 4.31 Å². The lowest BCUT2D eigenvalue weighted by Gasteiger charge is -2.27. The monoisotopic (exact) mass is 279 g/mol. The molecule has 0 saturated heterocycles. The molecule has 0 bridgehead atoms. The van der Waals surface area contributed by atoms with Crippen molar-refractivity contribution in [3.63, 3.8) is 0 Å². The van der Waals surface area contributed by atoms with E-state index in [1.165, 1.54) is 10.4 Å². The first-order valence-corrected chi connectivity index (χ1v) is 7.17. The zero-order valence-electron chi connectivity index (χ0n) is 9.66. The largest absolute Gasteiger partial charge is 0.416 e. The quantitative estimate of drug-likeness (QED) is 0.788. The Morgan fingerprint density at radius 1 is 1.22 bits per heavy atom. The number of nitrogens with zero attached hydrogens (tertiary/aromatic N) is 1. The summed E-state index contributed by atoms with van der Waals surface area (Å²) in [5.41, 5.74) is 0.526. The SMILES string of the molecule is CS(=O)(=O)N1CCc2cc(C(F)(F)F)ccc2C1. The van der Waals surface area contributed by atoms with Gasteiger partial charge in [0.05, 0.1) is 11.8 Å². The van der Waals surface area contributed by atoms with E-state index in [1.54, 1.807) is 0 Å². The normalized spacial score (nSPS) is 17.6. The van der Waals surface area contributed by atoms with Gasteiger partial charge in [-0.1, -0.05) is 6.07 Å². The second-order valence-electron chi connectivity index (χ2n) is 4.33. The zero-order chi connectivity index (χ0) is 13.6. The molecule has 0 atom stereocenters. The fourth-order valence-corrected chi connectivity index (χ4v) is 2.78. The molecule has 18 heavy (non-hydrogen) atoms. The van der Waals surface area contributed by atoms with Gasteiger partial charge in [0.15, 0.2) is 0 Å². The van der Waals surface area contributed by atoms with E-state index in [2.05, 4.69) is 0 Å². The third-order valence-corrected chi connectivity index (χ3v) is 4.23. The van der Waals surface area contributed by atoms with Crippen LogP contribution in [0.15, 0.2) is 18.2 Å². The van der Waals surface area contributed by atoms with Gasteiger partial charge in [-0.15, -0.1) is 0 Å². The molecule has 7 heteroatoms. The Morgan fingerprint density at radius 2 is 1.89 bits per heavy atom. The van der Waals surface area contributed by atoms with Gasteiger partial charge in [-0.2, -0.15) is 17.5 Å². The lowest BCUT2D eigenvalue weighted by atomic mass is 9.98. The minimum atomic E-state index is -4.36. The molecule has 0 saturated carbocycles. The van der Waals surface area contributed by atoms with Gasteiger partial charge in [0, 0.05) is 13.1 Å². The highest BCUT2D eigenvalue weighted by molar-refractivity contribution is 7.88. The molecule has 1 aromatic carbocycles. The molecule has 0 radical (unpaired) electrons. The molecule has 0 amide bonds. The summed E-state index contributed by atoms with van der Waals surface area (Å²) in [5.74, 6) is 0. The van der Waals surface area contributed by atoms with E-state index in [-0.39, 0.29) is 13.1 Å². The Balaban J connectivity index is 2.32. The van der Waals surface area contributed by atoms with Gasteiger partial charge in [-0.05, 0) is 29.7 Å². The van der Waals surface area contributed by atoms with E-state index in [0.717, 1.165) is 18.4 Å². The highest BCUT2D eigenvalue weighted by Crippen LogP contribution is 2.32. The molecular weight excluding hydrogens is 267 g/mol. The Bertz CT molecular complexity index is 566. The number of hydrogen-bond acceptors (Lipinski definition) is 2.